The van der Waals surface area contributed by atoms with Crippen molar-refractivity contribution < 1.29 is 14.3 Å². The SMILES string of the molecule is CCOc1ccc(NC(=O)NCC(OC)c2ccccc2Cl)cc1. The van der Waals surface area contributed by atoms with Gasteiger partial charge < -0.3 is 20.1 Å². The molecule has 6 heteroatoms. The summed E-state index contributed by atoms with van der Waals surface area (Å²) < 4.78 is 10.8. The Morgan fingerprint density at radius 2 is 1.88 bits per heavy atom. The highest BCUT2D eigenvalue weighted by Gasteiger charge is 2.14. The van der Waals surface area contributed by atoms with Gasteiger partial charge in [0.05, 0.1) is 6.61 Å². The van der Waals surface area contributed by atoms with Gasteiger partial charge in [-0.3, -0.25) is 0 Å². The molecule has 0 fully saturated rings. The molecule has 2 amide bonds. The molecule has 1 unspecified atom stereocenters. The maximum absolute atomic E-state index is 12.0. The largest absolute Gasteiger partial charge is 0.494 e. The normalized spacial score (nSPS) is 11.6. The van der Waals surface area contributed by atoms with Gasteiger partial charge in [0.2, 0.25) is 0 Å². The number of ether oxygens (including phenoxy) is 2. The van der Waals surface area contributed by atoms with E-state index in [9.17, 15) is 4.79 Å². The van der Waals surface area contributed by atoms with Crippen molar-refractivity contribution in [2.75, 3.05) is 25.6 Å². The minimum Gasteiger partial charge on any atom is -0.494 e. The highest BCUT2D eigenvalue weighted by atomic mass is 35.5. The Balaban J connectivity index is 1.88. The van der Waals surface area contributed by atoms with Crippen LogP contribution in [0.5, 0.6) is 5.75 Å². The summed E-state index contributed by atoms with van der Waals surface area (Å²) in [5, 5.41) is 6.15. The number of rotatable bonds is 7. The van der Waals surface area contributed by atoms with Crippen LogP contribution in [0.1, 0.15) is 18.6 Å². The van der Waals surface area contributed by atoms with Gasteiger partial charge >= 0.3 is 6.03 Å². The molecule has 2 aromatic rings. The Bertz CT molecular complexity index is 662. The summed E-state index contributed by atoms with van der Waals surface area (Å²) in [6.07, 6.45) is -0.315. The predicted molar refractivity (Wildman–Crippen MR) is 95.8 cm³/mol. The van der Waals surface area contributed by atoms with Crippen LogP contribution in [0.3, 0.4) is 0 Å². The van der Waals surface area contributed by atoms with Crippen LogP contribution in [0.2, 0.25) is 5.02 Å². The second-order valence-corrected chi connectivity index (χ2v) is 5.45. The topological polar surface area (TPSA) is 59.6 Å². The Hall–Kier alpha value is -2.24. The maximum atomic E-state index is 12.0. The van der Waals surface area contributed by atoms with Gasteiger partial charge in [0, 0.05) is 29.9 Å². The van der Waals surface area contributed by atoms with Crippen molar-refractivity contribution in [2.45, 2.75) is 13.0 Å². The smallest absolute Gasteiger partial charge is 0.319 e. The summed E-state index contributed by atoms with van der Waals surface area (Å²) in [5.74, 6) is 0.765. The van der Waals surface area contributed by atoms with Crippen LogP contribution in [-0.2, 0) is 4.74 Å². The number of methoxy groups -OCH3 is 1. The van der Waals surface area contributed by atoms with Crippen LogP contribution in [0, 0.1) is 0 Å². The Kier molecular flexibility index (Phi) is 6.90. The zero-order valence-electron chi connectivity index (χ0n) is 13.7. The van der Waals surface area contributed by atoms with Crippen molar-refractivity contribution in [3.8, 4) is 5.75 Å². The van der Waals surface area contributed by atoms with Crippen molar-refractivity contribution in [2.24, 2.45) is 0 Å². The zero-order chi connectivity index (χ0) is 17.4. The lowest BCUT2D eigenvalue weighted by molar-refractivity contribution is 0.104. The van der Waals surface area contributed by atoms with Gasteiger partial charge in [0.1, 0.15) is 11.9 Å². The molecule has 2 N–H and O–H groups in total. The van der Waals surface area contributed by atoms with Gasteiger partial charge in [-0.2, -0.15) is 0 Å². The molecule has 0 aliphatic rings. The first-order chi connectivity index (χ1) is 11.6. The lowest BCUT2D eigenvalue weighted by Gasteiger charge is -2.18. The van der Waals surface area contributed by atoms with Crippen LogP contribution in [0.25, 0.3) is 0 Å². The number of hydrogen-bond acceptors (Lipinski definition) is 3. The fourth-order valence-electron chi connectivity index (χ4n) is 2.22. The first-order valence-corrected chi connectivity index (χ1v) is 8.06. The monoisotopic (exact) mass is 348 g/mol. The van der Waals surface area contributed by atoms with E-state index in [0.29, 0.717) is 23.9 Å². The average Bonchev–Trinajstić information content (AvgIpc) is 2.59. The molecule has 2 aromatic carbocycles. The van der Waals surface area contributed by atoms with Crippen molar-refractivity contribution in [1.82, 2.24) is 5.32 Å². The van der Waals surface area contributed by atoms with E-state index in [0.717, 1.165) is 11.3 Å². The van der Waals surface area contributed by atoms with Crippen LogP contribution in [0.4, 0.5) is 10.5 Å². The zero-order valence-corrected chi connectivity index (χ0v) is 14.5. The van der Waals surface area contributed by atoms with E-state index in [1.807, 2.05) is 25.1 Å². The number of urea groups is 1. The van der Waals surface area contributed by atoms with E-state index in [1.54, 1.807) is 37.4 Å². The molecule has 0 spiro atoms. The van der Waals surface area contributed by atoms with E-state index in [1.165, 1.54) is 0 Å². The Labute approximate surface area is 146 Å². The summed E-state index contributed by atoms with van der Waals surface area (Å²) >= 11 is 6.16. The van der Waals surface area contributed by atoms with Gasteiger partial charge in [0.25, 0.3) is 0 Å². The van der Waals surface area contributed by atoms with E-state index in [2.05, 4.69) is 10.6 Å². The molecule has 0 aromatic heterocycles. The minimum absolute atomic E-state index is 0.309. The molecule has 0 aliphatic carbocycles. The minimum atomic E-state index is -0.315. The highest BCUT2D eigenvalue weighted by molar-refractivity contribution is 6.31. The van der Waals surface area contributed by atoms with Crippen LogP contribution < -0.4 is 15.4 Å². The molecule has 0 radical (unpaired) electrons. The third-order valence-electron chi connectivity index (χ3n) is 3.41. The summed E-state index contributed by atoms with van der Waals surface area (Å²) in [5.41, 5.74) is 1.52. The van der Waals surface area contributed by atoms with Crippen molar-refractivity contribution in [3.05, 3.63) is 59.1 Å². The second kappa shape index (κ2) is 9.15. The first-order valence-electron chi connectivity index (χ1n) is 7.69. The van der Waals surface area contributed by atoms with Crippen LogP contribution in [0.15, 0.2) is 48.5 Å². The number of halogens is 1. The van der Waals surface area contributed by atoms with Crippen molar-refractivity contribution in [1.29, 1.82) is 0 Å². The quantitative estimate of drug-likeness (QED) is 0.786. The van der Waals surface area contributed by atoms with E-state index >= 15 is 0 Å². The maximum Gasteiger partial charge on any atom is 0.319 e. The summed E-state index contributed by atoms with van der Waals surface area (Å²) in [4.78, 5) is 12.0. The number of carbonyl (C=O) groups excluding carboxylic acids is 1. The van der Waals surface area contributed by atoms with Gasteiger partial charge in [-0.15, -0.1) is 0 Å². The van der Waals surface area contributed by atoms with Gasteiger partial charge in [-0.25, -0.2) is 4.79 Å². The average molecular weight is 349 g/mol. The fourth-order valence-corrected chi connectivity index (χ4v) is 2.48. The molecule has 0 heterocycles. The van der Waals surface area contributed by atoms with Gasteiger partial charge in [0.15, 0.2) is 0 Å². The molecule has 2 rings (SSSR count). The van der Waals surface area contributed by atoms with E-state index in [4.69, 9.17) is 21.1 Å². The summed E-state index contributed by atoms with van der Waals surface area (Å²) in [6, 6.07) is 14.3. The molecule has 5 nitrogen and oxygen atoms in total. The number of anilines is 1. The number of nitrogens with one attached hydrogen (secondary N) is 2. The number of amides is 2. The summed E-state index contributed by atoms with van der Waals surface area (Å²) in [6.45, 7) is 2.83. The second-order valence-electron chi connectivity index (χ2n) is 5.04. The molecule has 0 saturated heterocycles. The third-order valence-corrected chi connectivity index (χ3v) is 3.75. The molecule has 0 aliphatic heterocycles. The van der Waals surface area contributed by atoms with Crippen LogP contribution in [-0.4, -0.2) is 26.3 Å². The third kappa shape index (κ3) is 5.15. The number of benzene rings is 2. The molecule has 0 bridgehead atoms. The number of hydrogen-bond donors (Lipinski definition) is 2. The lowest BCUT2D eigenvalue weighted by Crippen LogP contribution is -2.33. The molecule has 0 saturated carbocycles. The van der Waals surface area contributed by atoms with Crippen LogP contribution >= 0.6 is 11.6 Å². The van der Waals surface area contributed by atoms with Gasteiger partial charge in [-0.05, 0) is 37.3 Å². The standard InChI is InChI=1S/C18H21ClN2O3/c1-3-24-14-10-8-13(9-11-14)21-18(22)20-12-17(23-2)15-6-4-5-7-16(15)19/h4-11,17H,3,12H2,1-2H3,(H2,20,21,22). The molecule has 1 atom stereocenters. The Morgan fingerprint density at radius 3 is 2.50 bits per heavy atom. The van der Waals surface area contributed by atoms with Crippen molar-refractivity contribution >= 4 is 23.3 Å². The van der Waals surface area contributed by atoms with Gasteiger partial charge in [-0.1, -0.05) is 29.8 Å². The van der Waals surface area contributed by atoms with E-state index < -0.39 is 0 Å². The molecule has 128 valence electrons. The highest BCUT2D eigenvalue weighted by Crippen LogP contribution is 2.24. The fraction of sp³-hybridized carbons (Fsp3) is 0.278. The number of carbonyl (C=O) groups is 1. The molecular formula is C18H21ClN2O3. The lowest BCUT2D eigenvalue weighted by atomic mass is 10.1. The predicted octanol–water partition coefficient (Wildman–Crippen LogP) is 4.25. The molecular weight excluding hydrogens is 328 g/mol. The Morgan fingerprint density at radius 1 is 1.17 bits per heavy atom. The van der Waals surface area contributed by atoms with E-state index in [-0.39, 0.29) is 12.1 Å². The first kappa shape index (κ1) is 18.1. The molecule has 24 heavy (non-hydrogen) atoms. The van der Waals surface area contributed by atoms with Crippen molar-refractivity contribution in [3.63, 3.8) is 0 Å². The summed E-state index contributed by atoms with van der Waals surface area (Å²) in [7, 11) is 1.58.